The van der Waals surface area contributed by atoms with Crippen molar-refractivity contribution in [2.75, 3.05) is 7.05 Å². The molecule has 1 aliphatic rings. The fraction of sp³-hybridized carbons (Fsp3) is 0.333. The summed E-state index contributed by atoms with van der Waals surface area (Å²) in [5.74, 6) is -0.714. The number of aliphatic imine (C=N–C) groups is 1. The highest BCUT2D eigenvalue weighted by Gasteiger charge is 2.38. The molecule has 2 rings (SSSR count). The summed E-state index contributed by atoms with van der Waals surface area (Å²) in [6.45, 7) is 1.71. The molecule has 0 aromatic heterocycles. The van der Waals surface area contributed by atoms with Crippen LogP contribution in [0.3, 0.4) is 0 Å². The van der Waals surface area contributed by atoms with Gasteiger partial charge in [-0.2, -0.15) is 0 Å². The maximum atomic E-state index is 11.7. The normalized spacial score (nSPS) is 24.9. The van der Waals surface area contributed by atoms with E-state index in [-0.39, 0.29) is 0 Å². The number of benzene rings is 1. The first-order valence-corrected chi connectivity index (χ1v) is 5.07. The molecule has 1 N–H and O–H groups in total. The van der Waals surface area contributed by atoms with Crippen LogP contribution < -0.4 is 4.74 Å². The SMILES string of the molecule is CN=C(C)C1C(=O)Oc2ccccc2C1O. The van der Waals surface area contributed by atoms with Gasteiger partial charge in [0.2, 0.25) is 0 Å². The zero-order chi connectivity index (χ0) is 11.7. The second-order valence-corrected chi connectivity index (χ2v) is 3.75. The van der Waals surface area contributed by atoms with Gasteiger partial charge in [0, 0.05) is 18.3 Å². The molecule has 4 heteroatoms. The summed E-state index contributed by atoms with van der Waals surface area (Å²) < 4.78 is 5.16. The number of fused-ring (bicyclic) bond motifs is 1. The Morgan fingerprint density at radius 1 is 1.44 bits per heavy atom. The van der Waals surface area contributed by atoms with E-state index in [1.54, 1.807) is 38.2 Å². The number of carbonyl (C=O) groups excluding carboxylic acids is 1. The second-order valence-electron chi connectivity index (χ2n) is 3.75. The summed E-state index contributed by atoms with van der Waals surface area (Å²) in [4.78, 5) is 15.6. The van der Waals surface area contributed by atoms with Gasteiger partial charge in [0.05, 0.1) is 0 Å². The predicted octanol–water partition coefficient (Wildman–Crippen LogP) is 1.35. The van der Waals surface area contributed by atoms with Gasteiger partial charge < -0.3 is 9.84 Å². The molecule has 1 aromatic carbocycles. The maximum absolute atomic E-state index is 11.7. The summed E-state index contributed by atoms with van der Waals surface area (Å²) in [6.07, 6.45) is -0.874. The summed E-state index contributed by atoms with van der Waals surface area (Å²) in [5.41, 5.74) is 1.21. The number of ether oxygens (including phenoxy) is 1. The number of esters is 1. The monoisotopic (exact) mass is 219 g/mol. The first-order chi connectivity index (χ1) is 7.65. The van der Waals surface area contributed by atoms with Crippen molar-refractivity contribution in [3.63, 3.8) is 0 Å². The van der Waals surface area contributed by atoms with Crippen LogP contribution >= 0.6 is 0 Å². The highest BCUT2D eigenvalue weighted by atomic mass is 16.5. The van der Waals surface area contributed by atoms with Crippen LogP contribution in [0, 0.1) is 5.92 Å². The first kappa shape index (κ1) is 10.8. The molecular weight excluding hydrogens is 206 g/mol. The Morgan fingerprint density at radius 2 is 2.12 bits per heavy atom. The van der Waals surface area contributed by atoms with Crippen LogP contribution in [-0.2, 0) is 4.79 Å². The van der Waals surface area contributed by atoms with Crippen LogP contribution in [0.5, 0.6) is 5.75 Å². The fourth-order valence-electron chi connectivity index (χ4n) is 1.84. The van der Waals surface area contributed by atoms with E-state index in [1.165, 1.54) is 0 Å². The van der Waals surface area contributed by atoms with Crippen molar-refractivity contribution in [3.05, 3.63) is 29.8 Å². The lowest BCUT2D eigenvalue weighted by molar-refractivity contribution is -0.141. The van der Waals surface area contributed by atoms with Crippen molar-refractivity contribution in [2.24, 2.45) is 10.9 Å². The number of aliphatic hydroxyl groups excluding tert-OH is 1. The molecule has 0 saturated carbocycles. The fourth-order valence-corrected chi connectivity index (χ4v) is 1.84. The van der Waals surface area contributed by atoms with Crippen LogP contribution in [0.2, 0.25) is 0 Å². The van der Waals surface area contributed by atoms with Crippen molar-refractivity contribution < 1.29 is 14.6 Å². The summed E-state index contributed by atoms with van der Waals surface area (Å²) in [6, 6.07) is 6.99. The molecule has 16 heavy (non-hydrogen) atoms. The molecule has 0 amide bonds. The van der Waals surface area contributed by atoms with E-state index in [9.17, 15) is 9.90 Å². The Kier molecular flexibility index (Phi) is 2.75. The largest absolute Gasteiger partial charge is 0.426 e. The molecule has 0 bridgehead atoms. The quantitative estimate of drug-likeness (QED) is 0.440. The lowest BCUT2D eigenvalue weighted by Gasteiger charge is -2.28. The molecule has 4 nitrogen and oxygen atoms in total. The Balaban J connectivity index is 2.45. The van der Waals surface area contributed by atoms with E-state index in [0.29, 0.717) is 17.0 Å². The molecule has 0 aliphatic carbocycles. The van der Waals surface area contributed by atoms with Crippen LogP contribution in [-0.4, -0.2) is 23.8 Å². The Morgan fingerprint density at radius 3 is 2.81 bits per heavy atom. The minimum absolute atomic E-state index is 0.431. The van der Waals surface area contributed by atoms with E-state index in [4.69, 9.17) is 4.74 Å². The molecule has 1 aromatic rings. The smallest absolute Gasteiger partial charge is 0.323 e. The summed E-state index contributed by atoms with van der Waals surface area (Å²) in [5, 5.41) is 10.1. The van der Waals surface area contributed by atoms with Gasteiger partial charge in [0.1, 0.15) is 17.8 Å². The number of hydrogen-bond acceptors (Lipinski definition) is 4. The molecule has 0 saturated heterocycles. The van der Waals surface area contributed by atoms with Crippen molar-refractivity contribution in [1.29, 1.82) is 0 Å². The van der Waals surface area contributed by atoms with Gasteiger partial charge in [-0.25, -0.2) is 0 Å². The van der Waals surface area contributed by atoms with Gasteiger partial charge >= 0.3 is 5.97 Å². The van der Waals surface area contributed by atoms with Gasteiger partial charge in [-0.15, -0.1) is 0 Å². The minimum Gasteiger partial charge on any atom is -0.426 e. The standard InChI is InChI=1S/C12H13NO3/c1-7(13-2)10-11(14)8-5-3-4-6-9(8)16-12(10)15/h3-6,10-11,14H,1-2H3. The maximum Gasteiger partial charge on any atom is 0.323 e. The Bertz CT molecular complexity index is 453. The summed E-state index contributed by atoms with van der Waals surface area (Å²) >= 11 is 0. The van der Waals surface area contributed by atoms with E-state index >= 15 is 0 Å². The summed E-state index contributed by atoms with van der Waals surface area (Å²) in [7, 11) is 1.59. The second kappa shape index (κ2) is 4.06. The number of rotatable bonds is 1. The van der Waals surface area contributed by atoms with Crippen molar-refractivity contribution in [1.82, 2.24) is 0 Å². The average Bonchev–Trinajstić information content (AvgIpc) is 2.28. The number of nitrogens with zero attached hydrogens (tertiary/aromatic N) is 1. The molecule has 84 valence electrons. The Hall–Kier alpha value is -1.68. The molecule has 2 unspecified atom stereocenters. The zero-order valence-corrected chi connectivity index (χ0v) is 9.18. The topological polar surface area (TPSA) is 58.9 Å². The Labute approximate surface area is 93.6 Å². The van der Waals surface area contributed by atoms with Gasteiger partial charge in [-0.1, -0.05) is 18.2 Å². The predicted molar refractivity (Wildman–Crippen MR) is 59.6 cm³/mol. The van der Waals surface area contributed by atoms with Crippen molar-refractivity contribution in [2.45, 2.75) is 13.0 Å². The van der Waals surface area contributed by atoms with Crippen LogP contribution in [0.1, 0.15) is 18.6 Å². The first-order valence-electron chi connectivity index (χ1n) is 5.07. The van der Waals surface area contributed by atoms with Gasteiger partial charge in [0.25, 0.3) is 0 Å². The third-order valence-corrected chi connectivity index (χ3v) is 2.82. The third-order valence-electron chi connectivity index (χ3n) is 2.82. The van der Waals surface area contributed by atoms with Gasteiger partial charge in [-0.05, 0) is 13.0 Å². The van der Waals surface area contributed by atoms with Crippen LogP contribution in [0.4, 0.5) is 0 Å². The van der Waals surface area contributed by atoms with Crippen LogP contribution in [0.25, 0.3) is 0 Å². The molecule has 1 heterocycles. The van der Waals surface area contributed by atoms with E-state index in [0.717, 1.165) is 0 Å². The van der Waals surface area contributed by atoms with Crippen molar-refractivity contribution >= 4 is 11.7 Å². The molecular formula is C12H13NO3. The highest BCUT2D eigenvalue weighted by molar-refractivity contribution is 6.03. The average molecular weight is 219 g/mol. The van der Waals surface area contributed by atoms with E-state index < -0.39 is 18.0 Å². The number of aliphatic hydroxyl groups is 1. The lowest BCUT2D eigenvalue weighted by atomic mass is 9.89. The number of hydrogen-bond donors (Lipinski definition) is 1. The van der Waals surface area contributed by atoms with Gasteiger partial charge in [-0.3, -0.25) is 9.79 Å². The number of para-hydroxylation sites is 1. The molecule has 0 fully saturated rings. The molecule has 1 aliphatic heterocycles. The third kappa shape index (κ3) is 1.61. The molecule has 0 spiro atoms. The number of carbonyl (C=O) groups is 1. The zero-order valence-electron chi connectivity index (χ0n) is 9.18. The minimum atomic E-state index is -0.874. The van der Waals surface area contributed by atoms with Gasteiger partial charge in [0.15, 0.2) is 0 Å². The van der Waals surface area contributed by atoms with Crippen LogP contribution in [0.15, 0.2) is 29.3 Å². The lowest BCUT2D eigenvalue weighted by Crippen LogP contribution is -2.36. The van der Waals surface area contributed by atoms with E-state index in [2.05, 4.69) is 4.99 Å². The van der Waals surface area contributed by atoms with Crippen molar-refractivity contribution in [3.8, 4) is 5.75 Å². The highest BCUT2D eigenvalue weighted by Crippen LogP contribution is 2.36. The molecule has 0 radical (unpaired) electrons. The molecule has 2 atom stereocenters. The van der Waals surface area contributed by atoms with E-state index in [1.807, 2.05) is 0 Å².